The first-order valence-electron chi connectivity index (χ1n) is 11.6. The molecular formula is C22H50NO6S. The molecule has 0 aromatic carbocycles. The van der Waals surface area contributed by atoms with Gasteiger partial charge in [-0.25, -0.2) is 5.11 Å². The summed E-state index contributed by atoms with van der Waals surface area (Å²) in [5, 5.41) is 18.8. The number of nitrogens with two attached hydrogens (primary N) is 1. The van der Waals surface area contributed by atoms with Crippen LogP contribution in [0.4, 0.5) is 0 Å². The molecule has 7 nitrogen and oxygen atoms in total. The molecule has 0 aromatic heterocycles. The van der Waals surface area contributed by atoms with Gasteiger partial charge in [0.1, 0.15) is 5.72 Å². The minimum absolute atomic E-state index is 0.123. The Kier molecular flexibility index (Phi) is 28.7. The van der Waals surface area contributed by atoms with Crippen LogP contribution in [0, 0.1) is 0 Å². The minimum atomic E-state index is -3.66. The molecular weight excluding hydrogens is 406 g/mol. The van der Waals surface area contributed by atoms with Crippen molar-refractivity contribution in [2.24, 2.45) is 5.73 Å². The van der Waals surface area contributed by atoms with E-state index in [2.05, 4.69) is 15.3 Å². The Morgan fingerprint density at radius 1 is 0.733 bits per heavy atom. The van der Waals surface area contributed by atoms with Gasteiger partial charge in [-0.1, -0.05) is 97.3 Å². The van der Waals surface area contributed by atoms with Gasteiger partial charge in [-0.15, -0.1) is 0 Å². The third-order valence-electron chi connectivity index (χ3n) is 4.62. The molecule has 185 valence electrons. The van der Waals surface area contributed by atoms with Crippen LogP contribution in [0.15, 0.2) is 0 Å². The third-order valence-corrected chi connectivity index (χ3v) is 5.44. The summed E-state index contributed by atoms with van der Waals surface area (Å²) < 4.78 is 27.5. The Labute approximate surface area is 187 Å². The van der Waals surface area contributed by atoms with Gasteiger partial charge in [-0.3, -0.25) is 8.37 Å². The average molecular weight is 457 g/mol. The second-order valence-corrected chi connectivity index (χ2v) is 9.24. The quantitative estimate of drug-likeness (QED) is 0.221. The Morgan fingerprint density at radius 3 is 1.17 bits per heavy atom. The van der Waals surface area contributed by atoms with Crippen molar-refractivity contribution in [1.29, 1.82) is 0 Å². The summed E-state index contributed by atoms with van der Waals surface area (Å²) >= 11 is 0. The fourth-order valence-corrected chi connectivity index (χ4v) is 2.50. The van der Waals surface area contributed by atoms with Gasteiger partial charge in [0.05, 0.1) is 20.8 Å². The van der Waals surface area contributed by atoms with Crippen molar-refractivity contribution >= 4 is 10.4 Å². The largest absolute Gasteiger partial charge is 0.399 e. The van der Waals surface area contributed by atoms with E-state index in [0.717, 1.165) is 27.1 Å². The standard InChI is InChI=1S/C16H33O.C4H11NO.C2H6O4S/c1-2-3-4-5-6-7-8-9-10-11-12-13-14-15-16-17;1-3-4(2,5)6;1-5-7(3,4)6-2/h2-16H2,1H3;6H,3,5H2,1-2H3;1-2H3. The summed E-state index contributed by atoms with van der Waals surface area (Å²) in [5.41, 5.74) is 4.13. The molecule has 1 atom stereocenters. The molecule has 0 heterocycles. The molecule has 8 heteroatoms. The van der Waals surface area contributed by atoms with Gasteiger partial charge in [-0.2, -0.15) is 8.42 Å². The van der Waals surface area contributed by atoms with Gasteiger partial charge in [0.15, 0.2) is 0 Å². The second kappa shape index (κ2) is 25.0. The monoisotopic (exact) mass is 456 g/mol. The fraction of sp³-hybridized carbons (Fsp3) is 1.00. The lowest BCUT2D eigenvalue weighted by atomic mass is 10.0. The van der Waals surface area contributed by atoms with Gasteiger partial charge in [0.2, 0.25) is 0 Å². The van der Waals surface area contributed by atoms with Crippen LogP contribution in [0.25, 0.3) is 0 Å². The maximum Gasteiger partial charge on any atom is 0.399 e. The Balaban J connectivity index is -0.000000459. The van der Waals surface area contributed by atoms with Gasteiger partial charge in [0.25, 0.3) is 0 Å². The van der Waals surface area contributed by atoms with E-state index < -0.39 is 16.1 Å². The van der Waals surface area contributed by atoms with Crippen LogP contribution < -0.4 is 5.73 Å². The normalized spacial score (nSPS) is 12.9. The predicted molar refractivity (Wildman–Crippen MR) is 124 cm³/mol. The van der Waals surface area contributed by atoms with Gasteiger partial charge < -0.3 is 10.8 Å². The molecule has 3 N–H and O–H groups in total. The predicted octanol–water partition coefficient (Wildman–Crippen LogP) is 5.49. The van der Waals surface area contributed by atoms with Crippen molar-refractivity contribution in [3.8, 4) is 0 Å². The maximum atomic E-state index is 10.2. The molecule has 0 rings (SSSR count). The van der Waals surface area contributed by atoms with E-state index in [-0.39, 0.29) is 6.61 Å². The highest BCUT2D eigenvalue weighted by Crippen LogP contribution is 2.12. The first-order chi connectivity index (χ1) is 14.1. The second-order valence-electron chi connectivity index (χ2n) is 7.75. The Bertz CT molecular complexity index is 386. The van der Waals surface area contributed by atoms with Crippen molar-refractivity contribution < 1.29 is 27.0 Å². The highest BCUT2D eigenvalue weighted by Gasteiger charge is 2.06. The molecule has 0 spiro atoms. The summed E-state index contributed by atoms with van der Waals surface area (Å²) in [4.78, 5) is 0. The minimum Gasteiger partial charge on any atom is -0.376 e. The SMILES string of the molecule is CCC(C)(N)O.CCCCCCCCCCCCCCCC[O].COS(=O)(=O)OC. The molecule has 0 amide bonds. The van der Waals surface area contributed by atoms with Crippen molar-refractivity contribution in [1.82, 2.24) is 0 Å². The molecule has 1 radical (unpaired) electrons. The maximum absolute atomic E-state index is 10.2. The summed E-state index contributed by atoms with van der Waals surface area (Å²) in [5.74, 6) is 0. The van der Waals surface area contributed by atoms with Gasteiger partial charge >= 0.3 is 10.4 Å². The molecule has 0 saturated carbocycles. The Morgan fingerprint density at radius 2 is 1.00 bits per heavy atom. The van der Waals surface area contributed by atoms with Gasteiger partial charge in [0, 0.05) is 0 Å². The molecule has 0 aliphatic rings. The zero-order valence-corrected chi connectivity index (χ0v) is 21.1. The average Bonchev–Trinajstić information content (AvgIpc) is 2.72. The van der Waals surface area contributed by atoms with Crippen LogP contribution in [-0.4, -0.2) is 40.1 Å². The van der Waals surface area contributed by atoms with E-state index >= 15 is 0 Å². The van der Waals surface area contributed by atoms with Crippen LogP contribution in [0.3, 0.4) is 0 Å². The summed E-state index contributed by atoms with van der Waals surface area (Å²) in [6.07, 6.45) is 19.5. The van der Waals surface area contributed by atoms with E-state index in [1.807, 2.05) is 6.92 Å². The van der Waals surface area contributed by atoms with Crippen LogP contribution in [0.2, 0.25) is 0 Å². The number of hydrogen-bond donors (Lipinski definition) is 2. The lowest BCUT2D eigenvalue weighted by Gasteiger charge is -2.11. The lowest BCUT2D eigenvalue weighted by Crippen LogP contribution is -2.34. The third kappa shape index (κ3) is 38.4. The molecule has 30 heavy (non-hydrogen) atoms. The highest BCUT2D eigenvalue weighted by molar-refractivity contribution is 7.81. The zero-order chi connectivity index (χ0) is 23.7. The molecule has 0 fully saturated rings. The molecule has 0 aliphatic heterocycles. The first kappa shape index (κ1) is 34.4. The van der Waals surface area contributed by atoms with Crippen LogP contribution in [0.5, 0.6) is 0 Å². The number of aliphatic hydroxyl groups is 1. The van der Waals surface area contributed by atoms with Crippen molar-refractivity contribution in [3.05, 3.63) is 0 Å². The van der Waals surface area contributed by atoms with Crippen molar-refractivity contribution in [3.63, 3.8) is 0 Å². The van der Waals surface area contributed by atoms with Crippen LogP contribution in [-0.2, 0) is 23.9 Å². The summed E-state index contributed by atoms with van der Waals surface area (Å²) in [7, 11) is -1.60. The van der Waals surface area contributed by atoms with Crippen molar-refractivity contribution in [2.45, 2.75) is 123 Å². The van der Waals surface area contributed by atoms with E-state index in [1.54, 1.807) is 6.92 Å². The smallest absolute Gasteiger partial charge is 0.376 e. The lowest BCUT2D eigenvalue weighted by molar-refractivity contribution is 0.0632. The van der Waals surface area contributed by atoms with E-state index in [1.165, 1.54) is 77.0 Å². The number of rotatable bonds is 17. The molecule has 0 saturated heterocycles. The zero-order valence-electron chi connectivity index (χ0n) is 20.3. The topological polar surface area (TPSA) is 119 Å². The summed E-state index contributed by atoms with van der Waals surface area (Å²) in [6, 6.07) is 0. The fourth-order valence-electron chi connectivity index (χ4n) is 2.36. The van der Waals surface area contributed by atoms with Crippen LogP contribution in [0.1, 0.15) is 117 Å². The number of unbranched alkanes of at least 4 members (excludes halogenated alkanes) is 13. The summed E-state index contributed by atoms with van der Waals surface area (Å²) in [6.45, 7) is 5.81. The van der Waals surface area contributed by atoms with Crippen molar-refractivity contribution in [2.75, 3.05) is 20.8 Å². The number of hydrogen-bond acceptors (Lipinski definition) is 6. The molecule has 0 aliphatic carbocycles. The van der Waals surface area contributed by atoms with Gasteiger partial charge in [-0.05, 0) is 19.8 Å². The first-order valence-corrected chi connectivity index (χ1v) is 12.9. The highest BCUT2D eigenvalue weighted by atomic mass is 32.3. The molecule has 1 unspecified atom stereocenters. The molecule has 0 aromatic rings. The van der Waals surface area contributed by atoms with Crippen LogP contribution >= 0.6 is 0 Å². The van der Waals surface area contributed by atoms with E-state index in [4.69, 9.17) is 10.8 Å². The molecule has 0 bridgehead atoms. The van der Waals surface area contributed by atoms with E-state index in [9.17, 15) is 13.5 Å². The van der Waals surface area contributed by atoms with E-state index in [0.29, 0.717) is 6.42 Å². The Hall–Kier alpha value is -0.250.